The fourth-order valence-corrected chi connectivity index (χ4v) is 2.18. The lowest BCUT2D eigenvalue weighted by Crippen LogP contribution is -2.53. The number of amides is 3. The molecule has 6 nitrogen and oxygen atoms in total. The van der Waals surface area contributed by atoms with Gasteiger partial charge in [0.1, 0.15) is 12.1 Å². The van der Waals surface area contributed by atoms with Crippen molar-refractivity contribution in [3.8, 4) is 0 Å². The highest BCUT2D eigenvalue weighted by molar-refractivity contribution is 5.91. The minimum absolute atomic E-state index is 0.314. The molecule has 1 aromatic rings. The van der Waals surface area contributed by atoms with Crippen LogP contribution in [0.15, 0.2) is 42.0 Å². The molecule has 0 saturated heterocycles. The summed E-state index contributed by atoms with van der Waals surface area (Å²) >= 11 is 0. The topological polar surface area (TPSA) is 101 Å². The number of rotatable bonds is 8. The van der Waals surface area contributed by atoms with Gasteiger partial charge in [-0.15, -0.1) is 0 Å². The van der Waals surface area contributed by atoms with Crippen molar-refractivity contribution in [2.24, 2.45) is 5.73 Å². The van der Waals surface area contributed by atoms with Gasteiger partial charge in [0.25, 0.3) is 0 Å². The predicted octanol–water partition coefficient (Wildman–Crippen LogP) is 1.06. The van der Waals surface area contributed by atoms with Crippen molar-refractivity contribution in [2.75, 3.05) is 0 Å². The standard InChI is InChI=1S/C18H25N3O3/c1-12(2)9-10-15(17(19)23)21-18(24)16(20-13(3)22)11-14-7-5-4-6-8-14/h4-9,15-16H,10-11H2,1-3H3,(H2,19,23)(H,20,22)(H,21,24)/t15-,16+/m0/s1. The number of carbonyl (C=O) groups excluding carboxylic acids is 3. The van der Waals surface area contributed by atoms with Crippen molar-refractivity contribution in [2.45, 2.75) is 45.7 Å². The van der Waals surface area contributed by atoms with E-state index >= 15 is 0 Å². The molecule has 0 bridgehead atoms. The van der Waals surface area contributed by atoms with Crippen LogP contribution in [0.5, 0.6) is 0 Å². The SMILES string of the molecule is CC(=O)N[C@H](Cc1ccccc1)C(=O)N[C@@H](CC=C(C)C)C(N)=O. The Labute approximate surface area is 142 Å². The molecule has 0 saturated carbocycles. The summed E-state index contributed by atoms with van der Waals surface area (Å²) in [6.07, 6.45) is 2.49. The van der Waals surface area contributed by atoms with Gasteiger partial charge in [-0.1, -0.05) is 42.0 Å². The second kappa shape index (κ2) is 9.50. The molecular weight excluding hydrogens is 306 g/mol. The van der Waals surface area contributed by atoms with Crippen LogP contribution < -0.4 is 16.4 Å². The molecule has 3 amide bonds. The fraction of sp³-hybridized carbons (Fsp3) is 0.389. The Kier molecular flexibility index (Phi) is 7.68. The van der Waals surface area contributed by atoms with Crippen molar-refractivity contribution in [1.82, 2.24) is 10.6 Å². The quantitative estimate of drug-likeness (QED) is 0.621. The number of hydrogen-bond acceptors (Lipinski definition) is 3. The van der Waals surface area contributed by atoms with E-state index in [1.807, 2.05) is 50.3 Å². The summed E-state index contributed by atoms with van der Waals surface area (Å²) in [5.74, 6) is -1.35. The van der Waals surface area contributed by atoms with Crippen LogP contribution in [0.2, 0.25) is 0 Å². The van der Waals surface area contributed by atoms with Crippen LogP contribution in [0.25, 0.3) is 0 Å². The first-order valence-corrected chi connectivity index (χ1v) is 7.83. The average molecular weight is 331 g/mol. The molecule has 0 heterocycles. The smallest absolute Gasteiger partial charge is 0.243 e. The molecule has 0 unspecified atom stereocenters. The van der Waals surface area contributed by atoms with Gasteiger partial charge in [0, 0.05) is 13.3 Å². The molecule has 0 aromatic heterocycles. The highest BCUT2D eigenvalue weighted by Crippen LogP contribution is 2.05. The van der Waals surface area contributed by atoms with Crippen LogP contribution in [-0.4, -0.2) is 29.8 Å². The number of benzene rings is 1. The van der Waals surface area contributed by atoms with Gasteiger partial charge in [-0.2, -0.15) is 0 Å². The molecule has 24 heavy (non-hydrogen) atoms. The third-order valence-corrected chi connectivity index (χ3v) is 3.40. The molecule has 0 fully saturated rings. The number of nitrogens with two attached hydrogens (primary N) is 1. The minimum atomic E-state index is -0.806. The maximum atomic E-state index is 12.5. The maximum Gasteiger partial charge on any atom is 0.243 e. The van der Waals surface area contributed by atoms with Crippen LogP contribution in [-0.2, 0) is 20.8 Å². The molecule has 1 rings (SSSR count). The van der Waals surface area contributed by atoms with E-state index in [1.165, 1.54) is 6.92 Å². The molecule has 4 N–H and O–H groups in total. The Morgan fingerprint density at radius 1 is 1.04 bits per heavy atom. The minimum Gasteiger partial charge on any atom is -0.368 e. The van der Waals surface area contributed by atoms with Gasteiger partial charge < -0.3 is 16.4 Å². The number of nitrogens with one attached hydrogen (secondary N) is 2. The summed E-state index contributed by atoms with van der Waals surface area (Å²) in [5, 5.41) is 5.24. The Bertz CT molecular complexity index is 607. The van der Waals surface area contributed by atoms with E-state index in [2.05, 4.69) is 10.6 Å². The summed E-state index contributed by atoms with van der Waals surface area (Å²) in [6, 6.07) is 7.77. The Hall–Kier alpha value is -2.63. The number of allylic oxidation sites excluding steroid dienone is 1. The second-order valence-electron chi connectivity index (χ2n) is 5.92. The molecule has 2 atom stereocenters. The van der Waals surface area contributed by atoms with Gasteiger partial charge in [0.15, 0.2) is 0 Å². The fourth-order valence-electron chi connectivity index (χ4n) is 2.18. The van der Waals surface area contributed by atoms with E-state index in [0.29, 0.717) is 12.8 Å². The molecule has 130 valence electrons. The van der Waals surface area contributed by atoms with E-state index in [4.69, 9.17) is 5.73 Å². The molecule has 0 radical (unpaired) electrons. The number of hydrogen-bond donors (Lipinski definition) is 3. The third-order valence-electron chi connectivity index (χ3n) is 3.40. The van der Waals surface area contributed by atoms with E-state index in [0.717, 1.165) is 11.1 Å². The summed E-state index contributed by atoms with van der Waals surface area (Å²) in [7, 11) is 0. The first kappa shape index (κ1) is 19.4. The zero-order valence-corrected chi connectivity index (χ0v) is 14.3. The maximum absolute atomic E-state index is 12.5. The van der Waals surface area contributed by atoms with Crippen molar-refractivity contribution in [3.05, 3.63) is 47.5 Å². The van der Waals surface area contributed by atoms with Crippen LogP contribution in [0, 0.1) is 0 Å². The molecule has 0 aliphatic rings. The van der Waals surface area contributed by atoms with Gasteiger partial charge in [-0.05, 0) is 25.8 Å². The van der Waals surface area contributed by atoms with Gasteiger partial charge in [-0.25, -0.2) is 0 Å². The van der Waals surface area contributed by atoms with Crippen molar-refractivity contribution in [3.63, 3.8) is 0 Å². The highest BCUT2D eigenvalue weighted by Gasteiger charge is 2.24. The Morgan fingerprint density at radius 2 is 1.67 bits per heavy atom. The van der Waals surface area contributed by atoms with Crippen LogP contribution >= 0.6 is 0 Å². The lowest BCUT2D eigenvalue weighted by molar-refractivity contribution is -0.130. The van der Waals surface area contributed by atoms with Gasteiger partial charge in [0.05, 0.1) is 0 Å². The lowest BCUT2D eigenvalue weighted by Gasteiger charge is -2.21. The molecule has 0 aliphatic carbocycles. The lowest BCUT2D eigenvalue weighted by atomic mass is 10.0. The third kappa shape index (κ3) is 7.09. The zero-order chi connectivity index (χ0) is 18.1. The summed E-state index contributed by atoms with van der Waals surface area (Å²) in [6.45, 7) is 5.14. The number of carbonyl (C=O) groups is 3. The molecule has 6 heteroatoms. The van der Waals surface area contributed by atoms with Crippen LogP contribution in [0.4, 0.5) is 0 Å². The van der Waals surface area contributed by atoms with Gasteiger partial charge in [0.2, 0.25) is 17.7 Å². The summed E-state index contributed by atoms with van der Waals surface area (Å²) < 4.78 is 0. The van der Waals surface area contributed by atoms with Crippen molar-refractivity contribution >= 4 is 17.7 Å². The molecule has 0 spiro atoms. The van der Waals surface area contributed by atoms with Gasteiger partial charge >= 0.3 is 0 Å². The molecular formula is C18H25N3O3. The monoisotopic (exact) mass is 331 g/mol. The second-order valence-corrected chi connectivity index (χ2v) is 5.92. The predicted molar refractivity (Wildman–Crippen MR) is 92.9 cm³/mol. The normalized spacial score (nSPS) is 12.6. The molecule has 0 aliphatic heterocycles. The first-order chi connectivity index (χ1) is 11.3. The average Bonchev–Trinajstić information content (AvgIpc) is 2.50. The number of primary amides is 1. The van der Waals surface area contributed by atoms with Gasteiger partial charge in [-0.3, -0.25) is 14.4 Å². The first-order valence-electron chi connectivity index (χ1n) is 7.83. The Morgan fingerprint density at radius 3 is 2.17 bits per heavy atom. The summed E-state index contributed by atoms with van der Waals surface area (Å²) in [4.78, 5) is 35.4. The molecule has 1 aromatic carbocycles. The van der Waals surface area contributed by atoms with Crippen molar-refractivity contribution in [1.29, 1.82) is 0 Å². The Balaban J connectivity index is 2.83. The van der Waals surface area contributed by atoms with E-state index in [9.17, 15) is 14.4 Å². The zero-order valence-electron chi connectivity index (χ0n) is 14.3. The van der Waals surface area contributed by atoms with Crippen molar-refractivity contribution < 1.29 is 14.4 Å². The van der Waals surface area contributed by atoms with Crippen LogP contribution in [0.1, 0.15) is 32.8 Å². The summed E-state index contributed by atoms with van der Waals surface area (Å²) in [5.41, 5.74) is 7.29. The van der Waals surface area contributed by atoms with E-state index < -0.39 is 23.9 Å². The van der Waals surface area contributed by atoms with Crippen LogP contribution in [0.3, 0.4) is 0 Å². The van der Waals surface area contributed by atoms with E-state index in [1.54, 1.807) is 0 Å². The largest absolute Gasteiger partial charge is 0.368 e. The van der Waals surface area contributed by atoms with E-state index in [-0.39, 0.29) is 5.91 Å². The highest BCUT2D eigenvalue weighted by atomic mass is 16.2.